The van der Waals surface area contributed by atoms with Gasteiger partial charge < -0.3 is 19.9 Å². The zero-order valence-electron chi connectivity index (χ0n) is 15.1. The Hall–Kier alpha value is -3.78. The van der Waals surface area contributed by atoms with Gasteiger partial charge in [-0.15, -0.1) is 0 Å². The minimum absolute atomic E-state index is 0.0240. The topological polar surface area (TPSA) is 111 Å². The smallest absolute Gasteiger partial charge is 0.313 e. The van der Waals surface area contributed by atoms with Gasteiger partial charge in [-0.2, -0.15) is 0 Å². The number of phenolic OH excluding ortho intramolecular Hbond substituents is 1. The number of nitro groups is 1. The standard InChI is InChI=1S/C20H15ClN2O6/c1-28-19-10-12(20(25)22-14-4-2-3-5-16(14)24)6-8-18(19)29-17-9-7-13(21)11-15(17)23(26)27/h2-11,24H,1H3,(H,22,25). The van der Waals surface area contributed by atoms with E-state index >= 15 is 0 Å². The minimum atomic E-state index is -0.609. The van der Waals surface area contributed by atoms with Gasteiger partial charge in [-0.25, -0.2) is 0 Å². The lowest BCUT2D eigenvalue weighted by atomic mass is 10.1. The van der Waals surface area contributed by atoms with E-state index in [0.717, 1.165) is 0 Å². The number of ether oxygens (including phenoxy) is 2. The number of halogens is 1. The predicted octanol–water partition coefficient (Wildman–Crippen LogP) is 5.01. The monoisotopic (exact) mass is 414 g/mol. The number of benzene rings is 3. The second-order valence-corrected chi connectivity index (χ2v) is 6.24. The number of hydrogen-bond donors (Lipinski definition) is 2. The van der Waals surface area contributed by atoms with Crippen molar-refractivity contribution >= 4 is 28.9 Å². The van der Waals surface area contributed by atoms with Gasteiger partial charge in [-0.05, 0) is 42.5 Å². The lowest BCUT2D eigenvalue weighted by Gasteiger charge is -2.13. The molecule has 0 aliphatic rings. The summed E-state index contributed by atoms with van der Waals surface area (Å²) in [4.78, 5) is 23.1. The maximum absolute atomic E-state index is 12.5. The number of nitrogens with zero attached hydrogens (tertiary/aromatic N) is 1. The van der Waals surface area contributed by atoms with E-state index in [4.69, 9.17) is 21.1 Å². The molecule has 3 aromatic carbocycles. The highest BCUT2D eigenvalue weighted by Gasteiger charge is 2.19. The van der Waals surface area contributed by atoms with Crippen LogP contribution in [0.4, 0.5) is 11.4 Å². The van der Waals surface area contributed by atoms with E-state index in [1.165, 1.54) is 49.6 Å². The summed E-state index contributed by atoms with van der Waals surface area (Å²) >= 11 is 5.81. The molecule has 0 aliphatic heterocycles. The number of amides is 1. The molecule has 3 aromatic rings. The summed E-state index contributed by atoms with van der Waals surface area (Å²) in [5.41, 5.74) is 0.192. The molecule has 0 aliphatic carbocycles. The second kappa shape index (κ2) is 8.49. The largest absolute Gasteiger partial charge is 0.506 e. The van der Waals surface area contributed by atoms with Crippen LogP contribution in [0, 0.1) is 10.1 Å². The third-order valence-corrected chi connectivity index (χ3v) is 4.15. The van der Waals surface area contributed by atoms with Gasteiger partial charge in [0.1, 0.15) is 5.75 Å². The third kappa shape index (κ3) is 4.56. The van der Waals surface area contributed by atoms with Crippen molar-refractivity contribution in [3.8, 4) is 23.0 Å². The Bertz CT molecular complexity index is 1090. The minimum Gasteiger partial charge on any atom is -0.506 e. The third-order valence-electron chi connectivity index (χ3n) is 3.92. The Labute approximate surface area is 170 Å². The molecule has 0 aromatic heterocycles. The van der Waals surface area contributed by atoms with Crippen molar-refractivity contribution in [3.63, 3.8) is 0 Å². The van der Waals surface area contributed by atoms with Crippen molar-refractivity contribution in [3.05, 3.63) is 81.4 Å². The zero-order valence-corrected chi connectivity index (χ0v) is 15.8. The number of anilines is 1. The van der Waals surface area contributed by atoms with Crippen LogP contribution in [0.5, 0.6) is 23.0 Å². The molecule has 148 valence electrons. The molecular weight excluding hydrogens is 400 g/mol. The number of hydrogen-bond acceptors (Lipinski definition) is 6. The van der Waals surface area contributed by atoms with E-state index in [9.17, 15) is 20.0 Å². The number of aromatic hydroxyl groups is 1. The van der Waals surface area contributed by atoms with Gasteiger partial charge in [0.25, 0.3) is 5.91 Å². The van der Waals surface area contributed by atoms with Gasteiger partial charge in [0.05, 0.1) is 17.7 Å². The first-order chi connectivity index (χ1) is 13.9. The van der Waals surface area contributed by atoms with E-state index < -0.39 is 10.8 Å². The van der Waals surface area contributed by atoms with Crippen molar-refractivity contribution in [1.29, 1.82) is 0 Å². The molecule has 0 saturated carbocycles. The van der Waals surface area contributed by atoms with Crippen LogP contribution in [0.2, 0.25) is 5.02 Å². The summed E-state index contributed by atoms with van der Waals surface area (Å²) in [6.45, 7) is 0. The summed E-state index contributed by atoms with van der Waals surface area (Å²) in [6.07, 6.45) is 0. The highest BCUT2D eigenvalue weighted by atomic mass is 35.5. The Morgan fingerprint density at radius 2 is 1.79 bits per heavy atom. The van der Waals surface area contributed by atoms with Crippen LogP contribution in [0.15, 0.2) is 60.7 Å². The molecule has 0 unspecified atom stereocenters. The summed E-state index contributed by atoms with van der Waals surface area (Å²) in [7, 11) is 1.38. The maximum Gasteiger partial charge on any atom is 0.313 e. The van der Waals surface area contributed by atoms with Crippen LogP contribution >= 0.6 is 11.6 Å². The normalized spacial score (nSPS) is 10.3. The van der Waals surface area contributed by atoms with Crippen molar-refractivity contribution in [2.75, 3.05) is 12.4 Å². The molecule has 0 saturated heterocycles. The first kappa shape index (κ1) is 20.0. The average Bonchev–Trinajstić information content (AvgIpc) is 2.71. The number of methoxy groups -OCH3 is 1. The summed E-state index contributed by atoms with van der Waals surface area (Å²) in [6, 6.07) is 14.7. The molecule has 0 bridgehead atoms. The van der Waals surface area contributed by atoms with Crippen molar-refractivity contribution in [2.24, 2.45) is 0 Å². The summed E-state index contributed by atoms with van der Waals surface area (Å²) < 4.78 is 10.9. The first-order valence-corrected chi connectivity index (χ1v) is 8.66. The summed E-state index contributed by atoms with van der Waals surface area (Å²) in [5.74, 6) is -0.197. The number of para-hydroxylation sites is 2. The van der Waals surface area contributed by atoms with Gasteiger partial charge in [-0.3, -0.25) is 14.9 Å². The first-order valence-electron chi connectivity index (χ1n) is 8.28. The van der Waals surface area contributed by atoms with E-state index in [1.54, 1.807) is 18.2 Å². The van der Waals surface area contributed by atoms with Crippen LogP contribution in [-0.4, -0.2) is 23.0 Å². The highest BCUT2D eigenvalue weighted by molar-refractivity contribution is 6.30. The van der Waals surface area contributed by atoms with Crippen molar-refractivity contribution in [1.82, 2.24) is 0 Å². The molecule has 0 heterocycles. The van der Waals surface area contributed by atoms with Crippen LogP contribution in [0.1, 0.15) is 10.4 Å². The molecule has 0 radical (unpaired) electrons. The second-order valence-electron chi connectivity index (χ2n) is 5.81. The fraction of sp³-hybridized carbons (Fsp3) is 0.0500. The fourth-order valence-corrected chi connectivity index (χ4v) is 2.67. The molecule has 2 N–H and O–H groups in total. The SMILES string of the molecule is COc1cc(C(=O)Nc2ccccc2O)ccc1Oc1ccc(Cl)cc1[N+](=O)[O-]. The van der Waals surface area contributed by atoms with Crippen molar-refractivity contribution in [2.45, 2.75) is 0 Å². The molecule has 29 heavy (non-hydrogen) atoms. The summed E-state index contributed by atoms with van der Waals surface area (Å²) in [5, 5.41) is 23.8. The van der Waals surface area contributed by atoms with E-state index in [1.807, 2.05) is 0 Å². The van der Waals surface area contributed by atoms with Gasteiger partial charge >= 0.3 is 5.69 Å². The van der Waals surface area contributed by atoms with Crippen LogP contribution in [0.3, 0.4) is 0 Å². The number of carbonyl (C=O) groups is 1. The van der Waals surface area contributed by atoms with Gasteiger partial charge in [-0.1, -0.05) is 23.7 Å². The quantitative estimate of drug-likeness (QED) is 0.333. The highest BCUT2D eigenvalue weighted by Crippen LogP contribution is 2.38. The van der Waals surface area contributed by atoms with Crippen LogP contribution < -0.4 is 14.8 Å². The lowest BCUT2D eigenvalue weighted by Crippen LogP contribution is -2.12. The zero-order chi connectivity index (χ0) is 21.0. The molecule has 0 fully saturated rings. The van der Waals surface area contributed by atoms with Gasteiger partial charge in [0.2, 0.25) is 5.75 Å². The fourth-order valence-electron chi connectivity index (χ4n) is 2.50. The molecule has 3 rings (SSSR count). The molecule has 0 atom stereocenters. The number of nitro benzene ring substituents is 1. The van der Waals surface area contributed by atoms with Gasteiger partial charge in [0, 0.05) is 16.7 Å². The molecule has 0 spiro atoms. The van der Waals surface area contributed by atoms with Crippen molar-refractivity contribution < 1.29 is 24.3 Å². The van der Waals surface area contributed by atoms with E-state index in [0.29, 0.717) is 0 Å². The predicted molar refractivity (Wildman–Crippen MR) is 107 cm³/mol. The number of nitrogens with one attached hydrogen (secondary N) is 1. The van der Waals surface area contributed by atoms with Gasteiger partial charge in [0.15, 0.2) is 11.5 Å². The Morgan fingerprint density at radius 3 is 2.48 bits per heavy atom. The number of phenols is 1. The maximum atomic E-state index is 12.5. The lowest BCUT2D eigenvalue weighted by molar-refractivity contribution is -0.385. The Morgan fingerprint density at radius 1 is 1.07 bits per heavy atom. The average molecular weight is 415 g/mol. The number of rotatable bonds is 6. The molecule has 1 amide bonds. The van der Waals surface area contributed by atoms with E-state index in [-0.39, 0.29) is 45.0 Å². The van der Waals surface area contributed by atoms with Crippen LogP contribution in [0.25, 0.3) is 0 Å². The van der Waals surface area contributed by atoms with E-state index in [2.05, 4.69) is 5.32 Å². The van der Waals surface area contributed by atoms with Crippen LogP contribution in [-0.2, 0) is 0 Å². The Kier molecular flexibility index (Phi) is 5.85. The Balaban J connectivity index is 1.87. The molecule has 9 heteroatoms. The molecular formula is C20H15ClN2O6. The molecule has 8 nitrogen and oxygen atoms in total. The number of carbonyl (C=O) groups excluding carboxylic acids is 1.